The van der Waals surface area contributed by atoms with E-state index in [0.717, 1.165) is 19.6 Å². The number of anilines is 1. The second-order valence-corrected chi connectivity index (χ2v) is 5.16. The summed E-state index contributed by atoms with van der Waals surface area (Å²) < 4.78 is 0. The zero-order valence-corrected chi connectivity index (χ0v) is 11.7. The van der Waals surface area contributed by atoms with E-state index in [1.165, 1.54) is 37.1 Å². The normalized spacial score (nSPS) is 20.8. The molecule has 1 fully saturated rings. The molecule has 2 rings (SSSR count). The lowest BCUT2D eigenvalue weighted by Gasteiger charge is -2.30. The molecule has 2 heterocycles. The first kappa shape index (κ1) is 13.3. The molecule has 1 saturated heterocycles. The molecular weight excluding hydrogens is 222 g/mol. The number of nitrogens with one attached hydrogen (secondary N) is 1. The van der Waals surface area contributed by atoms with Gasteiger partial charge in [0.2, 0.25) is 0 Å². The van der Waals surface area contributed by atoms with Crippen LogP contribution in [0.5, 0.6) is 0 Å². The van der Waals surface area contributed by atoms with Gasteiger partial charge < -0.3 is 10.2 Å². The predicted molar refractivity (Wildman–Crippen MR) is 76.9 cm³/mol. The second kappa shape index (κ2) is 6.74. The van der Waals surface area contributed by atoms with Gasteiger partial charge in [0.1, 0.15) is 5.82 Å². The highest BCUT2D eigenvalue weighted by molar-refractivity contribution is 5.47. The lowest BCUT2D eigenvalue weighted by molar-refractivity contribution is 0.606. The van der Waals surface area contributed by atoms with Crippen molar-refractivity contribution in [2.75, 3.05) is 18.0 Å². The molecule has 0 amide bonds. The summed E-state index contributed by atoms with van der Waals surface area (Å²) >= 11 is 0. The molecule has 0 bridgehead atoms. The highest BCUT2D eigenvalue weighted by Crippen LogP contribution is 2.25. The van der Waals surface area contributed by atoms with E-state index in [1.807, 2.05) is 12.3 Å². The van der Waals surface area contributed by atoms with Gasteiger partial charge in [0.05, 0.1) is 0 Å². The molecule has 1 aliphatic heterocycles. The highest BCUT2D eigenvalue weighted by Gasteiger charge is 2.20. The fourth-order valence-corrected chi connectivity index (χ4v) is 2.68. The monoisotopic (exact) mass is 247 g/mol. The molecule has 1 unspecified atom stereocenters. The largest absolute Gasteiger partial charge is 0.354 e. The lowest BCUT2D eigenvalue weighted by Crippen LogP contribution is -2.34. The van der Waals surface area contributed by atoms with E-state index < -0.39 is 0 Å². The van der Waals surface area contributed by atoms with Gasteiger partial charge in [-0.15, -0.1) is 0 Å². The molecule has 0 radical (unpaired) electrons. The Morgan fingerprint density at radius 2 is 2.28 bits per heavy atom. The van der Waals surface area contributed by atoms with Crippen LogP contribution in [-0.2, 0) is 6.54 Å². The topological polar surface area (TPSA) is 28.2 Å². The van der Waals surface area contributed by atoms with E-state index in [4.69, 9.17) is 0 Å². The maximum absolute atomic E-state index is 4.63. The molecule has 0 saturated carbocycles. The molecule has 3 heteroatoms. The van der Waals surface area contributed by atoms with Crippen LogP contribution < -0.4 is 10.2 Å². The Balaban J connectivity index is 2.19. The average molecular weight is 247 g/mol. The first-order chi connectivity index (χ1) is 8.83. The molecule has 18 heavy (non-hydrogen) atoms. The van der Waals surface area contributed by atoms with Gasteiger partial charge in [-0.05, 0) is 32.4 Å². The van der Waals surface area contributed by atoms with Crippen molar-refractivity contribution in [3.8, 4) is 0 Å². The van der Waals surface area contributed by atoms with E-state index in [9.17, 15) is 0 Å². The Labute approximate surface area is 111 Å². The zero-order valence-electron chi connectivity index (χ0n) is 11.7. The van der Waals surface area contributed by atoms with E-state index >= 15 is 0 Å². The van der Waals surface area contributed by atoms with E-state index in [2.05, 4.69) is 35.1 Å². The van der Waals surface area contributed by atoms with Crippen molar-refractivity contribution in [1.29, 1.82) is 0 Å². The number of aromatic nitrogens is 1. The van der Waals surface area contributed by atoms with E-state index in [-0.39, 0.29) is 0 Å². The standard InChI is InChI=1S/C15H25N3/c1-3-16-12-14-9-7-10-17-15(14)18-11-6-4-5-8-13(18)2/h7,9-10,13,16H,3-6,8,11-12H2,1-2H3. The summed E-state index contributed by atoms with van der Waals surface area (Å²) in [5.41, 5.74) is 1.33. The van der Waals surface area contributed by atoms with Crippen molar-refractivity contribution in [2.45, 2.75) is 52.1 Å². The summed E-state index contributed by atoms with van der Waals surface area (Å²) in [5.74, 6) is 1.19. The number of hydrogen-bond acceptors (Lipinski definition) is 3. The van der Waals surface area contributed by atoms with Gasteiger partial charge in [-0.3, -0.25) is 0 Å². The minimum Gasteiger partial charge on any atom is -0.354 e. The third-order valence-corrected chi connectivity index (χ3v) is 3.76. The molecule has 1 atom stereocenters. The Bertz CT molecular complexity index is 365. The summed E-state index contributed by atoms with van der Waals surface area (Å²) in [5, 5.41) is 3.41. The lowest BCUT2D eigenvalue weighted by atomic mass is 10.1. The fraction of sp³-hybridized carbons (Fsp3) is 0.667. The van der Waals surface area contributed by atoms with Gasteiger partial charge in [-0.25, -0.2) is 4.98 Å². The third kappa shape index (κ3) is 3.22. The quantitative estimate of drug-likeness (QED) is 0.886. The van der Waals surface area contributed by atoms with Crippen molar-refractivity contribution >= 4 is 5.82 Å². The van der Waals surface area contributed by atoms with Crippen LogP contribution in [0.2, 0.25) is 0 Å². The van der Waals surface area contributed by atoms with Crippen LogP contribution in [-0.4, -0.2) is 24.1 Å². The van der Waals surface area contributed by atoms with Crippen LogP contribution in [0.15, 0.2) is 18.3 Å². The Hall–Kier alpha value is -1.09. The van der Waals surface area contributed by atoms with E-state index in [0.29, 0.717) is 6.04 Å². The summed E-state index contributed by atoms with van der Waals surface area (Å²) in [6.07, 6.45) is 7.21. The zero-order chi connectivity index (χ0) is 12.8. The van der Waals surface area contributed by atoms with Crippen LogP contribution in [0.1, 0.15) is 45.1 Å². The average Bonchev–Trinajstić information content (AvgIpc) is 2.61. The maximum Gasteiger partial charge on any atom is 0.133 e. The highest BCUT2D eigenvalue weighted by atomic mass is 15.2. The molecule has 0 aliphatic carbocycles. The SMILES string of the molecule is CCNCc1cccnc1N1CCCCCC1C. The maximum atomic E-state index is 4.63. The minimum atomic E-state index is 0.614. The fourth-order valence-electron chi connectivity index (χ4n) is 2.68. The molecule has 3 nitrogen and oxygen atoms in total. The molecular formula is C15H25N3. The van der Waals surface area contributed by atoms with Gasteiger partial charge in [0, 0.05) is 30.9 Å². The second-order valence-electron chi connectivity index (χ2n) is 5.16. The van der Waals surface area contributed by atoms with Gasteiger partial charge in [-0.2, -0.15) is 0 Å². The number of hydrogen-bond donors (Lipinski definition) is 1. The molecule has 1 N–H and O–H groups in total. The minimum absolute atomic E-state index is 0.614. The Morgan fingerprint density at radius 3 is 3.11 bits per heavy atom. The van der Waals surface area contributed by atoms with Gasteiger partial charge in [0.25, 0.3) is 0 Å². The Morgan fingerprint density at radius 1 is 1.39 bits per heavy atom. The van der Waals surface area contributed by atoms with Crippen LogP contribution in [0, 0.1) is 0 Å². The number of rotatable bonds is 4. The molecule has 0 aromatic carbocycles. The summed E-state index contributed by atoms with van der Waals surface area (Å²) in [7, 11) is 0. The number of nitrogens with zero attached hydrogens (tertiary/aromatic N) is 2. The van der Waals surface area contributed by atoms with Gasteiger partial charge in [-0.1, -0.05) is 25.8 Å². The number of pyridine rings is 1. The molecule has 0 spiro atoms. The Kier molecular flexibility index (Phi) is 5.00. The summed E-state index contributed by atoms with van der Waals surface area (Å²) in [6.45, 7) is 7.55. The van der Waals surface area contributed by atoms with Crippen LogP contribution >= 0.6 is 0 Å². The summed E-state index contributed by atoms with van der Waals surface area (Å²) in [6, 6.07) is 4.85. The van der Waals surface area contributed by atoms with Crippen molar-refractivity contribution in [3.63, 3.8) is 0 Å². The summed E-state index contributed by atoms with van der Waals surface area (Å²) in [4.78, 5) is 7.13. The smallest absolute Gasteiger partial charge is 0.133 e. The van der Waals surface area contributed by atoms with Gasteiger partial charge in [0.15, 0.2) is 0 Å². The van der Waals surface area contributed by atoms with Crippen molar-refractivity contribution < 1.29 is 0 Å². The predicted octanol–water partition coefficient (Wildman–Crippen LogP) is 2.96. The van der Waals surface area contributed by atoms with Crippen LogP contribution in [0.4, 0.5) is 5.82 Å². The van der Waals surface area contributed by atoms with Crippen LogP contribution in [0.3, 0.4) is 0 Å². The molecule has 1 aromatic heterocycles. The van der Waals surface area contributed by atoms with Crippen molar-refractivity contribution in [2.24, 2.45) is 0 Å². The first-order valence-electron chi connectivity index (χ1n) is 7.24. The first-order valence-corrected chi connectivity index (χ1v) is 7.24. The van der Waals surface area contributed by atoms with Crippen molar-refractivity contribution in [3.05, 3.63) is 23.9 Å². The van der Waals surface area contributed by atoms with E-state index in [1.54, 1.807) is 0 Å². The van der Waals surface area contributed by atoms with Gasteiger partial charge >= 0.3 is 0 Å². The third-order valence-electron chi connectivity index (χ3n) is 3.76. The van der Waals surface area contributed by atoms with Crippen molar-refractivity contribution in [1.82, 2.24) is 10.3 Å². The van der Waals surface area contributed by atoms with Crippen LogP contribution in [0.25, 0.3) is 0 Å². The molecule has 1 aliphatic rings. The molecule has 100 valence electrons. The molecule has 1 aromatic rings.